The molecular formula is C16H15N. The highest BCUT2D eigenvalue weighted by Gasteiger charge is 2.04. The number of aromatic nitrogens is 1. The zero-order chi connectivity index (χ0) is 11.7. The largest absolute Gasteiger partial charge is 0.354 e. The SMILES string of the molecule is CCC=Cc1cccc2c1[nH]c1ccccc12. The Morgan fingerprint density at radius 1 is 1.00 bits per heavy atom. The number of benzene rings is 2. The first-order valence-electron chi connectivity index (χ1n) is 6.06. The van der Waals surface area contributed by atoms with Crippen LogP contribution in [0.5, 0.6) is 0 Å². The van der Waals surface area contributed by atoms with Gasteiger partial charge < -0.3 is 4.98 Å². The monoisotopic (exact) mass is 221 g/mol. The van der Waals surface area contributed by atoms with E-state index in [4.69, 9.17) is 0 Å². The van der Waals surface area contributed by atoms with Gasteiger partial charge in [0.2, 0.25) is 0 Å². The van der Waals surface area contributed by atoms with E-state index in [1.54, 1.807) is 0 Å². The van der Waals surface area contributed by atoms with Crippen molar-refractivity contribution in [2.75, 3.05) is 0 Å². The molecule has 1 heterocycles. The van der Waals surface area contributed by atoms with Crippen molar-refractivity contribution in [1.29, 1.82) is 0 Å². The van der Waals surface area contributed by atoms with Crippen molar-refractivity contribution in [3.8, 4) is 0 Å². The number of fused-ring (bicyclic) bond motifs is 3. The zero-order valence-corrected chi connectivity index (χ0v) is 9.90. The van der Waals surface area contributed by atoms with Gasteiger partial charge in [0.1, 0.15) is 0 Å². The smallest absolute Gasteiger partial charge is 0.0538 e. The van der Waals surface area contributed by atoms with E-state index in [9.17, 15) is 0 Å². The number of aromatic amines is 1. The molecule has 0 saturated carbocycles. The van der Waals surface area contributed by atoms with Gasteiger partial charge in [0, 0.05) is 16.3 Å². The van der Waals surface area contributed by atoms with E-state index >= 15 is 0 Å². The quantitative estimate of drug-likeness (QED) is 0.643. The van der Waals surface area contributed by atoms with Gasteiger partial charge in [0.15, 0.2) is 0 Å². The molecule has 0 aliphatic carbocycles. The van der Waals surface area contributed by atoms with Crippen molar-refractivity contribution in [1.82, 2.24) is 4.98 Å². The maximum Gasteiger partial charge on any atom is 0.0538 e. The number of hydrogen-bond acceptors (Lipinski definition) is 0. The standard InChI is InChI=1S/C16H15N/c1-2-3-7-12-8-6-10-14-13-9-4-5-11-15(13)17-16(12)14/h3-11,17H,2H2,1H3. The third kappa shape index (κ3) is 1.64. The molecule has 0 radical (unpaired) electrons. The topological polar surface area (TPSA) is 15.8 Å². The number of hydrogen-bond donors (Lipinski definition) is 1. The van der Waals surface area contributed by atoms with Gasteiger partial charge in [-0.3, -0.25) is 0 Å². The molecule has 0 aliphatic rings. The normalized spacial score (nSPS) is 11.8. The van der Waals surface area contributed by atoms with Gasteiger partial charge in [-0.2, -0.15) is 0 Å². The molecule has 0 fully saturated rings. The maximum atomic E-state index is 3.50. The highest BCUT2D eigenvalue weighted by atomic mass is 14.7. The molecule has 1 aromatic heterocycles. The minimum atomic E-state index is 1.07. The summed E-state index contributed by atoms with van der Waals surface area (Å²) in [5, 5.41) is 2.60. The molecule has 1 nitrogen and oxygen atoms in total. The first kappa shape index (κ1) is 10.2. The molecule has 84 valence electrons. The van der Waals surface area contributed by atoms with Crippen LogP contribution in [0.3, 0.4) is 0 Å². The molecule has 0 saturated heterocycles. The van der Waals surface area contributed by atoms with Gasteiger partial charge in [-0.15, -0.1) is 0 Å². The van der Waals surface area contributed by atoms with Crippen molar-refractivity contribution in [3.05, 3.63) is 54.1 Å². The van der Waals surface area contributed by atoms with Crippen LogP contribution in [0.15, 0.2) is 48.5 Å². The predicted molar refractivity (Wildman–Crippen MR) is 75.1 cm³/mol. The third-order valence-corrected chi connectivity index (χ3v) is 3.11. The fourth-order valence-electron chi connectivity index (χ4n) is 2.28. The van der Waals surface area contributed by atoms with Crippen LogP contribution in [0.4, 0.5) is 0 Å². The van der Waals surface area contributed by atoms with Crippen LogP contribution in [0.25, 0.3) is 27.9 Å². The summed E-state index contributed by atoms with van der Waals surface area (Å²) >= 11 is 0. The van der Waals surface area contributed by atoms with Gasteiger partial charge in [-0.1, -0.05) is 55.5 Å². The molecule has 0 spiro atoms. The minimum Gasteiger partial charge on any atom is -0.354 e. The van der Waals surface area contributed by atoms with E-state index in [1.807, 2.05) is 0 Å². The molecule has 0 unspecified atom stereocenters. The number of nitrogens with one attached hydrogen (secondary N) is 1. The van der Waals surface area contributed by atoms with Crippen molar-refractivity contribution < 1.29 is 0 Å². The Labute approximate surface area is 101 Å². The summed E-state index contributed by atoms with van der Waals surface area (Å²) in [5.41, 5.74) is 3.71. The molecule has 0 amide bonds. The van der Waals surface area contributed by atoms with Crippen LogP contribution < -0.4 is 0 Å². The molecule has 0 bridgehead atoms. The fourth-order valence-corrected chi connectivity index (χ4v) is 2.28. The number of allylic oxidation sites excluding steroid dienone is 1. The van der Waals surface area contributed by atoms with E-state index in [0.717, 1.165) is 6.42 Å². The second-order valence-electron chi connectivity index (χ2n) is 4.25. The van der Waals surface area contributed by atoms with Gasteiger partial charge in [0.05, 0.1) is 5.52 Å². The first-order valence-corrected chi connectivity index (χ1v) is 6.06. The molecule has 1 N–H and O–H groups in total. The summed E-state index contributed by atoms with van der Waals surface area (Å²) in [6, 6.07) is 14.9. The van der Waals surface area contributed by atoms with Crippen molar-refractivity contribution in [2.24, 2.45) is 0 Å². The van der Waals surface area contributed by atoms with E-state index < -0.39 is 0 Å². The van der Waals surface area contributed by atoms with E-state index in [-0.39, 0.29) is 0 Å². The predicted octanol–water partition coefficient (Wildman–Crippen LogP) is 4.74. The van der Waals surface area contributed by atoms with E-state index in [2.05, 4.69) is 66.5 Å². The number of para-hydroxylation sites is 2. The van der Waals surface area contributed by atoms with Crippen LogP contribution in [-0.2, 0) is 0 Å². The van der Waals surface area contributed by atoms with Crippen molar-refractivity contribution in [2.45, 2.75) is 13.3 Å². The molecule has 0 atom stereocenters. The third-order valence-electron chi connectivity index (χ3n) is 3.11. The Bertz CT molecular complexity index is 689. The highest BCUT2D eigenvalue weighted by molar-refractivity contribution is 6.09. The van der Waals surface area contributed by atoms with Crippen molar-refractivity contribution >= 4 is 27.9 Å². The van der Waals surface area contributed by atoms with E-state index in [1.165, 1.54) is 27.4 Å². The average Bonchev–Trinajstić information content (AvgIpc) is 2.75. The molecule has 0 aliphatic heterocycles. The molecule has 2 aromatic carbocycles. The van der Waals surface area contributed by atoms with Crippen LogP contribution in [0.2, 0.25) is 0 Å². The lowest BCUT2D eigenvalue weighted by atomic mass is 10.1. The fraction of sp³-hybridized carbons (Fsp3) is 0.125. The molecule has 3 aromatic rings. The Kier molecular flexibility index (Phi) is 2.45. The minimum absolute atomic E-state index is 1.07. The molecule has 17 heavy (non-hydrogen) atoms. The lowest BCUT2D eigenvalue weighted by Crippen LogP contribution is -1.75. The summed E-state index contributed by atoms with van der Waals surface area (Å²) in [6.07, 6.45) is 5.45. The van der Waals surface area contributed by atoms with Crippen LogP contribution in [0.1, 0.15) is 18.9 Å². The van der Waals surface area contributed by atoms with Gasteiger partial charge in [0.25, 0.3) is 0 Å². The summed E-state index contributed by atoms with van der Waals surface area (Å²) < 4.78 is 0. The van der Waals surface area contributed by atoms with E-state index in [0.29, 0.717) is 0 Å². The van der Waals surface area contributed by atoms with Crippen molar-refractivity contribution in [3.63, 3.8) is 0 Å². The average molecular weight is 221 g/mol. The zero-order valence-electron chi connectivity index (χ0n) is 9.90. The van der Waals surface area contributed by atoms with Crippen LogP contribution in [-0.4, -0.2) is 4.98 Å². The highest BCUT2D eigenvalue weighted by Crippen LogP contribution is 2.27. The first-order chi connectivity index (χ1) is 8.40. The maximum absolute atomic E-state index is 3.50. The lowest BCUT2D eigenvalue weighted by molar-refractivity contribution is 1.23. The Hall–Kier alpha value is -2.02. The van der Waals surface area contributed by atoms with Crippen LogP contribution >= 0.6 is 0 Å². The summed E-state index contributed by atoms with van der Waals surface area (Å²) in [6.45, 7) is 2.15. The Balaban J connectivity index is 2.35. The van der Waals surface area contributed by atoms with Gasteiger partial charge in [-0.25, -0.2) is 0 Å². The number of H-pyrrole nitrogens is 1. The Morgan fingerprint density at radius 3 is 2.71 bits per heavy atom. The van der Waals surface area contributed by atoms with Crippen LogP contribution in [0, 0.1) is 0 Å². The van der Waals surface area contributed by atoms with Gasteiger partial charge >= 0.3 is 0 Å². The molecular weight excluding hydrogens is 206 g/mol. The number of rotatable bonds is 2. The second-order valence-corrected chi connectivity index (χ2v) is 4.25. The Morgan fingerprint density at radius 2 is 1.82 bits per heavy atom. The molecule has 1 heteroatoms. The lowest BCUT2D eigenvalue weighted by Gasteiger charge is -1.96. The summed E-state index contributed by atoms with van der Waals surface area (Å²) in [7, 11) is 0. The van der Waals surface area contributed by atoms with Gasteiger partial charge in [-0.05, 0) is 18.1 Å². The second kappa shape index (κ2) is 4.10. The summed E-state index contributed by atoms with van der Waals surface area (Å²) in [4.78, 5) is 3.50. The summed E-state index contributed by atoms with van der Waals surface area (Å²) in [5.74, 6) is 0. The molecule has 3 rings (SSSR count).